The van der Waals surface area contributed by atoms with Crippen molar-refractivity contribution in [1.29, 1.82) is 0 Å². The van der Waals surface area contributed by atoms with Gasteiger partial charge in [0.15, 0.2) is 0 Å². The zero-order chi connectivity index (χ0) is 14.6. The van der Waals surface area contributed by atoms with Crippen molar-refractivity contribution in [2.24, 2.45) is 0 Å². The highest BCUT2D eigenvalue weighted by molar-refractivity contribution is 5.31. The van der Waals surface area contributed by atoms with Gasteiger partial charge >= 0.3 is 6.18 Å². The second-order valence-corrected chi connectivity index (χ2v) is 5.00. The quantitative estimate of drug-likeness (QED) is 0.887. The van der Waals surface area contributed by atoms with Crippen molar-refractivity contribution in [2.75, 3.05) is 27.2 Å². The summed E-state index contributed by atoms with van der Waals surface area (Å²) in [7, 11) is 3.25. The van der Waals surface area contributed by atoms with E-state index in [1.54, 1.807) is 7.05 Å². The van der Waals surface area contributed by atoms with Gasteiger partial charge in [0.2, 0.25) is 0 Å². The van der Waals surface area contributed by atoms with Crippen molar-refractivity contribution in [3.8, 4) is 0 Å². The van der Waals surface area contributed by atoms with E-state index in [1.165, 1.54) is 17.5 Å². The molecule has 0 aromatic heterocycles. The van der Waals surface area contributed by atoms with Gasteiger partial charge in [0, 0.05) is 12.6 Å². The van der Waals surface area contributed by atoms with E-state index in [2.05, 4.69) is 5.32 Å². The highest BCUT2D eigenvalue weighted by Crippen LogP contribution is 2.20. The lowest BCUT2D eigenvalue weighted by atomic mass is 10.0. The molecule has 0 aliphatic rings. The van der Waals surface area contributed by atoms with Gasteiger partial charge in [-0.1, -0.05) is 18.2 Å². The van der Waals surface area contributed by atoms with Crippen molar-refractivity contribution in [1.82, 2.24) is 10.2 Å². The number of alkyl halides is 3. The van der Waals surface area contributed by atoms with Crippen LogP contribution in [0.5, 0.6) is 0 Å². The smallest absolute Gasteiger partial charge is 0.312 e. The highest BCUT2D eigenvalue weighted by Gasteiger charge is 2.30. The van der Waals surface area contributed by atoms with E-state index in [4.69, 9.17) is 0 Å². The molecule has 0 fully saturated rings. The molecule has 108 valence electrons. The van der Waals surface area contributed by atoms with Crippen LogP contribution in [0.2, 0.25) is 0 Å². The average molecular weight is 274 g/mol. The summed E-state index contributed by atoms with van der Waals surface area (Å²) >= 11 is 0. The summed E-state index contributed by atoms with van der Waals surface area (Å²) in [6, 6.07) is 5.88. The number of nitrogens with zero attached hydrogens (tertiary/aromatic N) is 1. The highest BCUT2D eigenvalue weighted by atomic mass is 19.4. The number of aryl methyl sites for hydroxylation is 2. The van der Waals surface area contributed by atoms with E-state index in [1.807, 2.05) is 32.0 Å². The third-order valence-electron chi connectivity index (χ3n) is 3.23. The van der Waals surface area contributed by atoms with Gasteiger partial charge in [0.1, 0.15) is 0 Å². The van der Waals surface area contributed by atoms with Crippen LogP contribution in [-0.4, -0.2) is 38.3 Å². The van der Waals surface area contributed by atoms with Crippen LogP contribution in [0.1, 0.15) is 22.7 Å². The third-order valence-corrected chi connectivity index (χ3v) is 3.23. The van der Waals surface area contributed by atoms with E-state index in [0.717, 1.165) is 11.1 Å². The zero-order valence-electron chi connectivity index (χ0n) is 11.8. The summed E-state index contributed by atoms with van der Waals surface area (Å²) in [4.78, 5) is 1.29. The second kappa shape index (κ2) is 6.39. The Morgan fingerprint density at radius 3 is 2.32 bits per heavy atom. The molecule has 0 bridgehead atoms. The van der Waals surface area contributed by atoms with Crippen LogP contribution in [0.15, 0.2) is 18.2 Å². The summed E-state index contributed by atoms with van der Waals surface area (Å²) in [5.74, 6) is 0. The summed E-state index contributed by atoms with van der Waals surface area (Å²) in [6.45, 7) is 3.45. The molecule has 19 heavy (non-hydrogen) atoms. The Labute approximate surface area is 112 Å². The van der Waals surface area contributed by atoms with E-state index < -0.39 is 12.7 Å². The fourth-order valence-electron chi connectivity index (χ4n) is 2.03. The summed E-state index contributed by atoms with van der Waals surface area (Å²) in [5, 5.41) is 3.07. The minimum Gasteiger partial charge on any atom is -0.312 e. The lowest BCUT2D eigenvalue weighted by Gasteiger charge is -2.25. The topological polar surface area (TPSA) is 15.3 Å². The van der Waals surface area contributed by atoms with Crippen molar-refractivity contribution in [2.45, 2.75) is 26.1 Å². The molecule has 0 amide bonds. The van der Waals surface area contributed by atoms with Crippen molar-refractivity contribution in [3.05, 3.63) is 34.9 Å². The Morgan fingerprint density at radius 2 is 1.84 bits per heavy atom. The molecule has 1 atom stereocenters. The first kappa shape index (κ1) is 16.0. The summed E-state index contributed by atoms with van der Waals surface area (Å²) in [5.41, 5.74) is 3.35. The fourth-order valence-corrected chi connectivity index (χ4v) is 2.03. The van der Waals surface area contributed by atoms with Crippen LogP contribution in [-0.2, 0) is 0 Å². The van der Waals surface area contributed by atoms with Gasteiger partial charge in [-0.15, -0.1) is 0 Å². The molecule has 0 heterocycles. The van der Waals surface area contributed by atoms with Crippen molar-refractivity contribution >= 4 is 0 Å². The molecule has 1 aromatic carbocycles. The Hall–Kier alpha value is -1.07. The normalized spacial score (nSPS) is 13.9. The predicted molar refractivity (Wildman–Crippen MR) is 71.3 cm³/mol. The van der Waals surface area contributed by atoms with Gasteiger partial charge in [-0.05, 0) is 44.6 Å². The lowest BCUT2D eigenvalue weighted by molar-refractivity contribution is -0.143. The maximum atomic E-state index is 12.3. The maximum absolute atomic E-state index is 12.3. The van der Waals surface area contributed by atoms with Crippen LogP contribution in [0, 0.1) is 13.8 Å². The van der Waals surface area contributed by atoms with Gasteiger partial charge in [-0.2, -0.15) is 13.2 Å². The number of hydrogen-bond donors (Lipinski definition) is 1. The lowest BCUT2D eigenvalue weighted by Crippen LogP contribution is -2.37. The number of likely N-dealkylation sites (N-methyl/N-ethyl adjacent to an activating group) is 2. The summed E-state index contributed by atoms with van der Waals surface area (Å²) in [6.07, 6.45) is -4.16. The Bertz CT molecular complexity index is 416. The predicted octanol–water partition coefficient (Wildman–Crippen LogP) is 3.06. The zero-order valence-corrected chi connectivity index (χ0v) is 11.8. The largest absolute Gasteiger partial charge is 0.401 e. The average Bonchev–Trinajstić information content (AvgIpc) is 2.27. The van der Waals surface area contributed by atoms with E-state index >= 15 is 0 Å². The van der Waals surface area contributed by atoms with E-state index in [0.29, 0.717) is 6.54 Å². The minimum atomic E-state index is -4.16. The van der Waals surface area contributed by atoms with Gasteiger partial charge in [-0.25, -0.2) is 0 Å². The van der Waals surface area contributed by atoms with Crippen LogP contribution >= 0.6 is 0 Å². The van der Waals surface area contributed by atoms with Gasteiger partial charge < -0.3 is 5.32 Å². The van der Waals surface area contributed by atoms with Crippen LogP contribution in [0.25, 0.3) is 0 Å². The Morgan fingerprint density at radius 1 is 1.21 bits per heavy atom. The van der Waals surface area contributed by atoms with Gasteiger partial charge in [0.25, 0.3) is 0 Å². The minimum absolute atomic E-state index is 0.105. The number of rotatable bonds is 5. The molecule has 1 aromatic rings. The van der Waals surface area contributed by atoms with E-state index in [9.17, 15) is 13.2 Å². The molecule has 5 heteroatoms. The number of halogens is 3. The molecule has 0 saturated carbocycles. The number of benzene rings is 1. The first-order chi connectivity index (χ1) is 8.73. The van der Waals surface area contributed by atoms with Gasteiger partial charge in [0.05, 0.1) is 6.54 Å². The molecular weight excluding hydrogens is 253 g/mol. The molecule has 1 rings (SSSR count). The van der Waals surface area contributed by atoms with Crippen molar-refractivity contribution in [3.63, 3.8) is 0 Å². The first-order valence-electron chi connectivity index (χ1n) is 6.22. The van der Waals surface area contributed by atoms with E-state index in [-0.39, 0.29) is 6.04 Å². The molecule has 0 saturated heterocycles. The van der Waals surface area contributed by atoms with Crippen LogP contribution in [0.4, 0.5) is 13.2 Å². The maximum Gasteiger partial charge on any atom is 0.401 e. The first-order valence-corrected chi connectivity index (χ1v) is 6.22. The standard InChI is InChI=1S/C14H21F3N2/c1-10-5-6-12(7-11(10)2)13(18-3)8-19(4)9-14(15,16)17/h5-7,13,18H,8-9H2,1-4H3. The third kappa shape index (κ3) is 5.20. The SMILES string of the molecule is CNC(CN(C)CC(F)(F)F)c1ccc(C)c(C)c1. The molecular formula is C14H21F3N2. The molecule has 0 spiro atoms. The molecule has 0 aliphatic heterocycles. The van der Waals surface area contributed by atoms with Crippen LogP contribution < -0.4 is 5.32 Å². The van der Waals surface area contributed by atoms with Crippen molar-refractivity contribution < 1.29 is 13.2 Å². The molecule has 1 unspecified atom stereocenters. The Kier molecular flexibility index (Phi) is 5.38. The number of hydrogen-bond acceptors (Lipinski definition) is 2. The molecule has 1 N–H and O–H groups in total. The molecule has 0 aliphatic carbocycles. The van der Waals surface area contributed by atoms with Crippen LogP contribution in [0.3, 0.4) is 0 Å². The van der Waals surface area contributed by atoms with Gasteiger partial charge in [-0.3, -0.25) is 4.90 Å². The second-order valence-electron chi connectivity index (χ2n) is 5.00. The molecule has 2 nitrogen and oxygen atoms in total. The number of nitrogens with one attached hydrogen (secondary N) is 1. The summed E-state index contributed by atoms with van der Waals surface area (Å²) < 4.78 is 37.0. The Balaban J connectivity index is 2.75. The monoisotopic (exact) mass is 274 g/mol. The molecule has 0 radical (unpaired) electrons. The fraction of sp³-hybridized carbons (Fsp3) is 0.571.